The Bertz CT molecular complexity index is 1480. The number of hydrogen-bond acceptors (Lipinski definition) is 6. The molecule has 67 heavy (non-hydrogen) atoms. The fourth-order valence-electron chi connectivity index (χ4n) is 6.77. The Labute approximate surface area is 411 Å². The lowest BCUT2D eigenvalue weighted by molar-refractivity contribution is -0.166. The van der Waals surface area contributed by atoms with Crippen molar-refractivity contribution in [2.75, 3.05) is 13.2 Å². The smallest absolute Gasteiger partial charge is 0.306 e. The summed E-state index contributed by atoms with van der Waals surface area (Å²) in [6.07, 6.45) is 75.8. The molecule has 0 aliphatic rings. The average molecular weight is 925 g/mol. The molecule has 0 saturated carbocycles. The van der Waals surface area contributed by atoms with Crippen molar-refractivity contribution in [3.05, 3.63) is 134 Å². The predicted octanol–water partition coefficient (Wildman–Crippen LogP) is 17.9. The highest BCUT2D eigenvalue weighted by molar-refractivity contribution is 5.71. The SMILES string of the molecule is CCC\C=C/C=C\C=C/C=C\C=C/CCCCCCCC(=O)OCC(COC(=O)CC/C=C\C/C=C\CCCCCCCC)OC(=O)CCCCCCC\C=C/C=C\C=C/C=C\CCCCC. The van der Waals surface area contributed by atoms with Gasteiger partial charge in [-0.1, -0.05) is 244 Å². The largest absolute Gasteiger partial charge is 0.462 e. The molecule has 0 aromatic rings. The maximum Gasteiger partial charge on any atom is 0.306 e. The Morgan fingerprint density at radius 2 is 0.657 bits per heavy atom. The maximum absolute atomic E-state index is 12.8. The van der Waals surface area contributed by atoms with Crippen molar-refractivity contribution in [2.45, 2.75) is 219 Å². The number of hydrogen-bond donors (Lipinski definition) is 0. The molecule has 1 atom stereocenters. The fraction of sp³-hybridized carbons (Fsp3) is 0.590. The molecule has 0 N–H and O–H groups in total. The van der Waals surface area contributed by atoms with Gasteiger partial charge in [0.15, 0.2) is 6.10 Å². The number of rotatable bonds is 46. The molecule has 0 amide bonds. The van der Waals surface area contributed by atoms with Gasteiger partial charge in [-0.2, -0.15) is 0 Å². The lowest BCUT2D eigenvalue weighted by Gasteiger charge is -2.18. The van der Waals surface area contributed by atoms with Crippen LogP contribution in [0.1, 0.15) is 213 Å². The molecular weight excluding hydrogens is 829 g/mol. The second-order valence-corrected chi connectivity index (χ2v) is 17.3. The normalized spacial score (nSPS) is 13.2. The van der Waals surface area contributed by atoms with E-state index >= 15 is 0 Å². The Kier molecular flexibility index (Phi) is 50.6. The molecule has 0 aromatic heterocycles. The highest BCUT2D eigenvalue weighted by Gasteiger charge is 2.19. The van der Waals surface area contributed by atoms with Crippen LogP contribution < -0.4 is 0 Å². The van der Waals surface area contributed by atoms with Crippen LogP contribution in [0.3, 0.4) is 0 Å². The first-order chi connectivity index (χ1) is 33.0. The molecule has 0 aliphatic heterocycles. The zero-order chi connectivity index (χ0) is 48.6. The van der Waals surface area contributed by atoms with Crippen LogP contribution in [0.5, 0.6) is 0 Å². The van der Waals surface area contributed by atoms with Gasteiger partial charge >= 0.3 is 17.9 Å². The monoisotopic (exact) mass is 925 g/mol. The van der Waals surface area contributed by atoms with E-state index in [1.807, 2.05) is 42.5 Å². The fourth-order valence-corrected chi connectivity index (χ4v) is 6.77. The molecule has 6 nitrogen and oxygen atoms in total. The number of allylic oxidation sites excluding steroid dienone is 22. The topological polar surface area (TPSA) is 78.9 Å². The zero-order valence-electron chi connectivity index (χ0n) is 42.9. The van der Waals surface area contributed by atoms with Crippen molar-refractivity contribution in [1.82, 2.24) is 0 Å². The van der Waals surface area contributed by atoms with Gasteiger partial charge < -0.3 is 14.2 Å². The van der Waals surface area contributed by atoms with Crippen LogP contribution in [0.25, 0.3) is 0 Å². The summed E-state index contributed by atoms with van der Waals surface area (Å²) >= 11 is 0. The van der Waals surface area contributed by atoms with E-state index in [0.717, 1.165) is 103 Å². The van der Waals surface area contributed by atoms with Crippen LogP contribution in [0.2, 0.25) is 0 Å². The van der Waals surface area contributed by atoms with E-state index in [4.69, 9.17) is 14.2 Å². The van der Waals surface area contributed by atoms with E-state index in [2.05, 4.69) is 112 Å². The van der Waals surface area contributed by atoms with Crippen LogP contribution in [0.15, 0.2) is 134 Å². The predicted molar refractivity (Wildman–Crippen MR) is 288 cm³/mol. The molecule has 0 spiro atoms. The minimum absolute atomic E-state index is 0.123. The van der Waals surface area contributed by atoms with Gasteiger partial charge in [0.2, 0.25) is 0 Å². The first kappa shape index (κ1) is 62.5. The summed E-state index contributed by atoms with van der Waals surface area (Å²) in [7, 11) is 0. The summed E-state index contributed by atoms with van der Waals surface area (Å²) in [6, 6.07) is 0. The summed E-state index contributed by atoms with van der Waals surface area (Å²) in [6.45, 7) is 6.39. The molecule has 0 heterocycles. The summed E-state index contributed by atoms with van der Waals surface area (Å²) in [4.78, 5) is 38.0. The molecule has 0 aliphatic carbocycles. The van der Waals surface area contributed by atoms with E-state index < -0.39 is 6.10 Å². The molecule has 0 bridgehead atoms. The number of carbonyl (C=O) groups is 3. The third-order valence-corrected chi connectivity index (χ3v) is 10.8. The minimum Gasteiger partial charge on any atom is -0.462 e. The second-order valence-electron chi connectivity index (χ2n) is 17.3. The van der Waals surface area contributed by atoms with E-state index in [1.54, 1.807) is 0 Å². The zero-order valence-corrected chi connectivity index (χ0v) is 42.9. The van der Waals surface area contributed by atoms with Gasteiger partial charge in [0.1, 0.15) is 13.2 Å². The van der Waals surface area contributed by atoms with Crippen molar-refractivity contribution in [3.63, 3.8) is 0 Å². The van der Waals surface area contributed by atoms with Crippen LogP contribution in [0, 0.1) is 0 Å². The van der Waals surface area contributed by atoms with Gasteiger partial charge in [-0.05, 0) is 83.5 Å². The van der Waals surface area contributed by atoms with Crippen LogP contribution in [-0.4, -0.2) is 37.2 Å². The first-order valence-electron chi connectivity index (χ1n) is 26.8. The van der Waals surface area contributed by atoms with Gasteiger partial charge in [0.05, 0.1) is 0 Å². The van der Waals surface area contributed by atoms with Gasteiger partial charge in [0, 0.05) is 19.3 Å². The summed E-state index contributed by atoms with van der Waals surface area (Å²) in [5.74, 6) is -1.05. The number of carbonyl (C=O) groups excluding carboxylic acids is 3. The lowest BCUT2D eigenvalue weighted by Crippen LogP contribution is -2.30. The molecule has 1 unspecified atom stereocenters. The quantitative estimate of drug-likeness (QED) is 0.0199. The molecule has 0 rings (SSSR count). The standard InChI is InChI=1S/C61H96O6/c1-4-7-10-13-16-19-22-25-27-29-31-33-36-39-42-45-48-51-54-60(63)66-57-58(56-65-59(62)53-50-47-44-41-38-35-24-21-18-15-12-9-6-3)67-61(64)55-52-49-46-43-40-37-34-32-30-28-26-23-20-17-14-11-8-5-2/h10,13,16-17,19-20,22-23,25-35,38,44,47,58H,4-9,11-12,14-15,18,21,24,36-37,39-43,45-46,48-57H2,1-3H3/b13-10-,19-16-,20-17-,25-22-,26-23-,29-27-,30-28-,33-31-,34-32-,38-35-,47-44-. The molecular formula is C61H96O6. The highest BCUT2D eigenvalue weighted by Crippen LogP contribution is 2.12. The Hall–Kier alpha value is -4.45. The van der Waals surface area contributed by atoms with E-state index in [0.29, 0.717) is 12.8 Å². The third-order valence-electron chi connectivity index (χ3n) is 10.8. The van der Waals surface area contributed by atoms with Gasteiger partial charge in [0.25, 0.3) is 0 Å². The third kappa shape index (κ3) is 52.4. The molecule has 0 aromatic carbocycles. The van der Waals surface area contributed by atoms with Crippen LogP contribution in [0.4, 0.5) is 0 Å². The maximum atomic E-state index is 12.8. The van der Waals surface area contributed by atoms with Crippen molar-refractivity contribution < 1.29 is 28.6 Å². The van der Waals surface area contributed by atoms with E-state index in [-0.39, 0.29) is 44.0 Å². The van der Waals surface area contributed by atoms with Gasteiger partial charge in [-0.25, -0.2) is 0 Å². The number of ether oxygens (including phenoxy) is 3. The van der Waals surface area contributed by atoms with Crippen molar-refractivity contribution in [1.29, 1.82) is 0 Å². The average Bonchev–Trinajstić information content (AvgIpc) is 3.33. The Balaban J connectivity index is 4.58. The van der Waals surface area contributed by atoms with Crippen LogP contribution in [-0.2, 0) is 28.6 Å². The summed E-state index contributed by atoms with van der Waals surface area (Å²) < 4.78 is 16.7. The molecule has 0 fully saturated rings. The highest BCUT2D eigenvalue weighted by atomic mass is 16.6. The Morgan fingerprint density at radius 3 is 1.13 bits per heavy atom. The second kappa shape index (κ2) is 54.2. The van der Waals surface area contributed by atoms with Crippen LogP contribution >= 0.6 is 0 Å². The Morgan fingerprint density at radius 1 is 0.313 bits per heavy atom. The minimum atomic E-state index is -0.829. The molecule has 6 heteroatoms. The van der Waals surface area contributed by atoms with E-state index in [9.17, 15) is 14.4 Å². The van der Waals surface area contributed by atoms with Gasteiger partial charge in [-0.15, -0.1) is 0 Å². The number of unbranched alkanes of at least 4 members (excludes halogenated alkanes) is 20. The first-order valence-corrected chi connectivity index (χ1v) is 26.8. The summed E-state index contributed by atoms with van der Waals surface area (Å²) in [5.41, 5.74) is 0. The molecule has 0 radical (unpaired) electrons. The molecule has 376 valence electrons. The lowest BCUT2D eigenvalue weighted by atomic mass is 10.1. The molecule has 0 saturated heterocycles. The number of esters is 3. The van der Waals surface area contributed by atoms with Crippen molar-refractivity contribution >= 4 is 17.9 Å². The van der Waals surface area contributed by atoms with Crippen molar-refractivity contribution in [3.8, 4) is 0 Å². The van der Waals surface area contributed by atoms with E-state index in [1.165, 1.54) is 64.2 Å². The van der Waals surface area contributed by atoms with Crippen molar-refractivity contribution in [2.24, 2.45) is 0 Å². The summed E-state index contributed by atoms with van der Waals surface area (Å²) in [5, 5.41) is 0. The van der Waals surface area contributed by atoms with Gasteiger partial charge in [-0.3, -0.25) is 14.4 Å².